The summed E-state index contributed by atoms with van der Waals surface area (Å²) in [4.78, 5) is 36.9. The Bertz CT molecular complexity index is 4530. The number of nitrogens with one attached hydrogen (secondary N) is 1. The summed E-state index contributed by atoms with van der Waals surface area (Å²) in [5.74, 6) is -3.95. The Morgan fingerprint density at radius 1 is 0.456 bits per heavy atom. The molecule has 0 saturated heterocycles. The van der Waals surface area contributed by atoms with E-state index in [1.165, 1.54) is 163 Å². The Hall–Kier alpha value is -10.1. The topological polar surface area (TPSA) is 359 Å². The minimum Gasteiger partial charge on any atom is -0.469 e. The Balaban J connectivity index is 0.000000267. The third-order valence-corrected chi connectivity index (χ3v) is 20.5. The molecule has 9 N–H and O–H groups in total. The maximum Gasteiger partial charge on any atom is 0.283 e. The second kappa shape index (κ2) is 44.8. The summed E-state index contributed by atoms with van der Waals surface area (Å²) < 4.78 is 290. The van der Waals surface area contributed by atoms with Crippen LogP contribution in [-0.2, 0) is 80.6 Å². The number of non-ortho nitro benzene ring substituents is 2. The molecule has 4 aliphatic heterocycles. The second-order valence-electron chi connectivity index (χ2n) is 28.9. The molecular formula is C80H94F18N10O16S. The molecule has 0 unspecified atom stereocenters. The van der Waals surface area contributed by atoms with E-state index in [2.05, 4.69) is 25.3 Å². The summed E-state index contributed by atoms with van der Waals surface area (Å²) in [6.07, 6.45) is -36.0. The molecular weight excluding hydrogens is 1730 g/mol. The summed E-state index contributed by atoms with van der Waals surface area (Å²) in [5, 5.41) is 43.7. The van der Waals surface area contributed by atoms with Crippen molar-refractivity contribution in [1.29, 1.82) is 0 Å². The fourth-order valence-electron chi connectivity index (χ4n) is 14.8. The van der Waals surface area contributed by atoms with Crippen molar-refractivity contribution >= 4 is 52.4 Å². The SMILES string of the molecule is CO[C@@H]([C@H](O)C(F)F)[C@](C)(N)c1ccccc1F.CO[C@@H]([C@H](O)C(F)F)[C@](C)(NC(C)=S)c1ccccc1F.CO[C@H]1[C@@H](C(F)F)OC(C)=N[C@]1(C)c1cc([N+](=O)[O-])ccc1F.CO[C@H]1[C@@H](C(F)F)OC(C)=N[C@]1(C)c1ccccc1F.CO[C@H]1[C@@H](C(F)F)OC(N)=N[C@]1(C)c1cc([N+](=O)[O-])ccc1F.CO[C@H]1[C@@H](C(F)F)OC(N)=N[C@]1(C)c1ccccc1F. The van der Waals surface area contributed by atoms with Crippen LogP contribution in [0.15, 0.2) is 153 Å². The number of aliphatic hydroxyl groups is 2. The van der Waals surface area contributed by atoms with E-state index in [9.17, 15) is 109 Å². The fraction of sp³-hybridized carbons (Fsp3) is 0.487. The molecule has 4 aliphatic rings. The molecule has 26 nitrogen and oxygen atoms in total. The average Bonchev–Trinajstić information content (AvgIpc) is 0.756. The van der Waals surface area contributed by atoms with Crippen molar-refractivity contribution in [2.24, 2.45) is 37.2 Å². The van der Waals surface area contributed by atoms with Gasteiger partial charge in [-0.3, -0.25) is 20.2 Å². The minimum absolute atomic E-state index is 0.0107. The average molecular weight is 1830 g/mol. The number of hydrogen-bond donors (Lipinski definition) is 6. The zero-order valence-electron chi connectivity index (χ0n) is 69.3. The number of methoxy groups -OCH3 is 6. The van der Waals surface area contributed by atoms with Gasteiger partial charge in [-0.2, -0.15) is 0 Å². The van der Waals surface area contributed by atoms with Crippen molar-refractivity contribution in [3.05, 3.63) is 222 Å². The van der Waals surface area contributed by atoms with Crippen LogP contribution < -0.4 is 22.5 Å². The van der Waals surface area contributed by atoms with Crippen LogP contribution in [0.3, 0.4) is 0 Å². The highest BCUT2D eigenvalue weighted by Gasteiger charge is 2.56. The van der Waals surface area contributed by atoms with Crippen LogP contribution in [0.2, 0.25) is 0 Å². The molecule has 0 fully saturated rings. The first-order chi connectivity index (χ1) is 58.3. The monoisotopic (exact) mass is 1820 g/mol. The van der Waals surface area contributed by atoms with Crippen LogP contribution in [-0.4, -0.2) is 203 Å². The maximum absolute atomic E-state index is 14.3. The number of thiocarbonyl (C=S) groups is 1. The molecule has 45 heteroatoms. The fourth-order valence-corrected chi connectivity index (χ4v) is 15.0. The molecule has 10 rings (SSSR count). The lowest BCUT2D eigenvalue weighted by molar-refractivity contribution is -0.385. The lowest BCUT2D eigenvalue weighted by atomic mass is 9.82. The Morgan fingerprint density at radius 2 is 0.736 bits per heavy atom. The van der Waals surface area contributed by atoms with E-state index in [0.717, 1.165) is 50.6 Å². The number of halogens is 18. The second-order valence-corrected chi connectivity index (χ2v) is 29.5. The van der Waals surface area contributed by atoms with Crippen LogP contribution in [0.4, 0.5) is 90.4 Å². The van der Waals surface area contributed by atoms with Gasteiger partial charge in [0.05, 0.1) is 25.9 Å². The van der Waals surface area contributed by atoms with Crippen LogP contribution in [0.25, 0.3) is 0 Å². The third-order valence-electron chi connectivity index (χ3n) is 20.4. The van der Waals surface area contributed by atoms with Gasteiger partial charge in [0.2, 0.25) is 0 Å². The van der Waals surface area contributed by atoms with Crippen molar-refractivity contribution in [3.8, 4) is 0 Å². The van der Waals surface area contributed by atoms with Crippen molar-refractivity contribution in [2.75, 3.05) is 42.7 Å². The van der Waals surface area contributed by atoms with Gasteiger partial charge in [-0.25, -0.2) is 99.0 Å². The number of benzene rings is 6. The summed E-state index contributed by atoms with van der Waals surface area (Å²) in [7, 11) is 7.16. The zero-order valence-corrected chi connectivity index (χ0v) is 70.1. The largest absolute Gasteiger partial charge is 0.469 e. The number of nitro benzene ring substituents is 2. The quantitative estimate of drug-likeness (QED) is 0.0134. The smallest absolute Gasteiger partial charge is 0.283 e. The molecule has 0 amide bonds. The number of aliphatic imine (C=N–C) groups is 4. The van der Waals surface area contributed by atoms with E-state index in [1.54, 1.807) is 25.1 Å². The number of hydrogen-bond acceptors (Lipinski definition) is 24. The molecule has 0 aromatic heterocycles. The van der Waals surface area contributed by atoms with Gasteiger partial charge >= 0.3 is 0 Å². The first kappa shape index (κ1) is 105. The van der Waals surface area contributed by atoms with Gasteiger partial charge in [0, 0.05) is 114 Å². The first-order valence-corrected chi connectivity index (χ1v) is 37.4. The van der Waals surface area contributed by atoms with Gasteiger partial charge in [-0.1, -0.05) is 85.0 Å². The highest BCUT2D eigenvalue weighted by atomic mass is 32.1. The van der Waals surface area contributed by atoms with Gasteiger partial charge in [-0.15, -0.1) is 0 Å². The molecule has 0 spiro atoms. The van der Waals surface area contributed by atoms with E-state index in [4.69, 9.17) is 76.8 Å². The number of alkyl halides is 12. The van der Waals surface area contributed by atoms with E-state index < -0.39 is 208 Å². The molecule has 0 aliphatic carbocycles. The normalized spacial score (nSPS) is 25.3. The molecule has 0 radical (unpaired) electrons. The molecule has 125 heavy (non-hydrogen) atoms. The highest BCUT2D eigenvalue weighted by Crippen LogP contribution is 2.46. The minimum atomic E-state index is -3.03. The number of ether oxygens (including phenoxy) is 10. The predicted molar refractivity (Wildman–Crippen MR) is 423 cm³/mol. The zero-order chi connectivity index (χ0) is 94.7. The molecule has 0 bridgehead atoms. The molecule has 692 valence electrons. The predicted octanol–water partition coefficient (Wildman–Crippen LogP) is 14.4. The standard InChI is InChI=1S/C14H15F3N2O4.C14H18F3NO2S.C14H16F3NO2.C13H14F3N3O4.C13H15F3N2O2.C12H16F3NO2/c1-7-18-14(2,12(22-3)11(23-7)13(16)17)9-6-8(19(20)21)4-5-10(9)15;1-8(21)18-14(2,9-6-4-5-7-10(9)15)12(20-3)11(19)13(16)17;1-8-18-14(2,9-6-4-5-7-10(9)15)12(19-3)11(20-8)13(16)17;1-13(7-5-6(19(20)21)3-4-8(7)14)10(22-2)9(11(15)16)23-12(17)18-13;1-13(7-5-3-4-6-8(7)14)10(19-2)9(11(15)16)20-12(17)18-13;1-12(16,7-5-3-4-6-8(7)13)10(18-2)9(17)11(14)15/h4-6,11-13H,1-3H3;4-7,11-13,19H,1-3H3,(H,18,21);4-7,11-13H,1-3H3;3-5,9-11H,1-2H3,(H2,17,18);3-6,9-11H,1-2H3,(H2,17,18);3-6,9-11,17H,16H2,1-2H3/t3*11-,12-,14+;2*9-,10-,13+;9-,10-,12+/m000000/s1. The Morgan fingerprint density at radius 3 is 1.03 bits per heavy atom. The number of rotatable bonds is 25. The van der Waals surface area contributed by atoms with Crippen molar-refractivity contribution in [1.82, 2.24) is 5.32 Å². The van der Waals surface area contributed by atoms with Crippen molar-refractivity contribution in [2.45, 2.75) is 207 Å². The third kappa shape index (κ3) is 24.6. The number of aliphatic hydroxyl groups excluding tert-OH is 2. The first-order valence-electron chi connectivity index (χ1n) is 36.9. The van der Waals surface area contributed by atoms with E-state index in [1.807, 2.05) is 0 Å². The number of nitrogens with zero attached hydrogens (tertiary/aromatic N) is 6. The number of nitrogens with two attached hydrogens (primary N) is 3. The van der Waals surface area contributed by atoms with Crippen LogP contribution in [0.5, 0.6) is 0 Å². The van der Waals surface area contributed by atoms with Crippen LogP contribution in [0, 0.1) is 55.1 Å². The molecule has 6 aromatic rings. The molecule has 6 aromatic carbocycles. The summed E-state index contributed by atoms with van der Waals surface area (Å²) in [6, 6.07) is 27.6. The van der Waals surface area contributed by atoms with Gasteiger partial charge in [0.1, 0.15) is 106 Å². The maximum atomic E-state index is 14.3. The molecule has 4 heterocycles. The number of amidine groups is 2. The van der Waals surface area contributed by atoms with E-state index in [-0.39, 0.29) is 55.9 Å². The van der Waals surface area contributed by atoms with E-state index in [0.29, 0.717) is 0 Å². The highest BCUT2D eigenvalue weighted by molar-refractivity contribution is 7.80. The summed E-state index contributed by atoms with van der Waals surface area (Å²) in [5.41, 5.74) is 6.96. The number of nitro groups is 2. The lowest BCUT2D eigenvalue weighted by Gasteiger charge is -2.41. The van der Waals surface area contributed by atoms with Crippen LogP contribution >= 0.6 is 12.2 Å². The van der Waals surface area contributed by atoms with Gasteiger partial charge in [-0.05, 0) is 84.9 Å². The lowest BCUT2D eigenvalue weighted by Crippen LogP contribution is -2.58. The van der Waals surface area contributed by atoms with Gasteiger partial charge in [0.15, 0.2) is 36.2 Å². The van der Waals surface area contributed by atoms with Gasteiger partial charge < -0.3 is 80.1 Å². The Kier molecular flexibility index (Phi) is 37.8. The van der Waals surface area contributed by atoms with Crippen molar-refractivity contribution in [3.63, 3.8) is 0 Å². The van der Waals surface area contributed by atoms with E-state index >= 15 is 0 Å². The molecule has 0 saturated carbocycles. The Labute approximate surface area is 710 Å². The van der Waals surface area contributed by atoms with Crippen LogP contribution in [0.1, 0.15) is 95.7 Å². The molecule has 18 atom stereocenters. The summed E-state index contributed by atoms with van der Waals surface area (Å²) in [6.45, 7) is 12.9. The summed E-state index contributed by atoms with van der Waals surface area (Å²) >= 11 is 4.95. The van der Waals surface area contributed by atoms with Gasteiger partial charge in [0.25, 0.3) is 62.0 Å². The van der Waals surface area contributed by atoms with Crippen molar-refractivity contribution < 1.29 is 146 Å².